The first kappa shape index (κ1) is 12.4. The molecule has 6 nitrogen and oxygen atoms in total. The average Bonchev–Trinajstić information content (AvgIpc) is 2.28. The molecule has 0 saturated heterocycles. The maximum atomic E-state index is 10.8. The molecule has 1 unspecified atom stereocenters. The minimum Gasteiger partial charge on any atom is -0.364 e. The van der Waals surface area contributed by atoms with Crippen molar-refractivity contribution in [3.8, 4) is 0 Å². The van der Waals surface area contributed by atoms with E-state index >= 15 is 0 Å². The Morgan fingerprint density at radius 1 is 1.50 bits per heavy atom. The fourth-order valence-electron chi connectivity index (χ4n) is 1.30. The van der Waals surface area contributed by atoms with Gasteiger partial charge in [-0.15, -0.1) is 10.2 Å². The molecule has 88 valence electrons. The molecule has 1 atom stereocenters. The smallest absolute Gasteiger partial charge is 0.269 e. The number of nitrogens with two attached hydrogens (primary N) is 2. The average molecular weight is 223 g/mol. The highest BCUT2D eigenvalue weighted by molar-refractivity contribution is 5.90. The Hall–Kier alpha value is -1.69. The van der Waals surface area contributed by atoms with Crippen LogP contribution in [0.2, 0.25) is 0 Å². The molecule has 16 heavy (non-hydrogen) atoms. The molecule has 0 fully saturated rings. The number of carbonyl (C=O) groups excluding carboxylic acids is 1. The molecule has 1 heterocycles. The van der Waals surface area contributed by atoms with E-state index in [4.69, 9.17) is 11.5 Å². The summed E-state index contributed by atoms with van der Waals surface area (Å²) in [6.07, 6.45) is 0. The molecule has 0 aliphatic carbocycles. The van der Waals surface area contributed by atoms with Crippen molar-refractivity contribution >= 4 is 11.7 Å². The van der Waals surface area contributed by atoms with Crippen LogP contribution >= 0.6 is 0 Å². The van der Waals surface area contributed by atoms with Crippen molar-refractivity contribution in [1.29, 1.82) is 0 Å². The van der Waals surface area contributed by atoms with Gasteiger partial charge in [-0.2, -0.15) is 0 Å². The van der Waals surface area contributed by atoms with Crippen LogP contribution in [0.15, 0.2) is 12.1 Å². The van der Waals surface area contributed by atoms with Gasteiger partial charge in [-0.25, -0.2) is 0 Å². The second kappa shape index (κ2) is 5.41. The molecule has 6 heteroatoms. The maximum absolute atomic E-state index is 10.8. The van der Waals surface area contributed by atoms with Gasteiger partial charge in [-0.05, 0) is 24.6 Å². The summed E-state index contributed by atoms with van der Waals surface area (Å²) in [6.45, 7) is 3.47. The van der Waals surface area contributed by atoms with E-state index < -0.39 is 5.91 Å². The molecule has 0 aliphatic rings. The molecule has 0 spiro atoms. The largest absolute Gasteiger partial charge is 0.364 e. The normalized spacial score (nSPS) is 12.2. The van der Waals surface area contributed by atoms with Crippen LogP contribution in [0.4, 0.5) is 5.82 Å². The minimum absolute atomic E-state index is 0.170. The molecule has 0 aromatic carbocycles. The van der Waals surface area contributed by atoms with Gasteiger partial charge in [0, 0.05) is 13.6 Å². The van der Waals surface area contributed by atoms with E-state index in [1.54, 1.807) is 12.1 Å². The minimum atomic E-state index is -0.572. The number of hydrogen-bond acceptors (Lipinski definition) is 5. The van der Waals surface area contributed by atoms with E-state index in [-0.39, 0.29) is 5.69 Å². The van der Waals surface area contributed by atoms with Crippen molar-refractivity contribution in [2.24, 2.45) is 17.4 Å². The fourth-order valence-corrected chi connectivity index (χ4v) is 1.30. The summed E-state index contributed by atoms with van der Waals surface area (Å²) in [4.78, 5) is 12.7. The second-order valence-electron chi connectivity index (χ2n) is 3.86. The third kappa shape index (κ3) is 3.16. The fraction of sp³-hybridized carbons (Fsp3) is 0.500. The Morgan fingerprint density at radius 3 is 2.62 bits per heavy atom. The van der Waals surface area contributed by atoms with Crippen LogP contribution in [0.1, 0.15) is 17.4 Å². The molecule has 0 bridgehead atoms. The van der Waals surface area contributed by atoms with Crippen molar-refractivity contribution in [1.82, 2.24) is 10.2 Å². The van der Waals surface area contributed by atoms with Crippen molar-refractivity contribution < 1.29 is 4.79 Å². The third-order valence-corrected chi connectivity index (χ3v) is 2.28. The van der Waals surface area contributed by atoms with Crippen LogP contribution in [-0.4, -0.2) is 36.2 Å². The predicted octanol–water partition coefficient (Wildman–Crippen LogP) is -0.393. The predicted molar refractivity (Wildman–Crippen MR) is 62.0 cm³/mol. The lowest BCUT2D eigenvalue weighted by atomic mass is 10.2. The quantitative estimate of drug-likeness (QED) is 0.708. The molecular weight excluding hydrogens is 206 g/mol. The number of nitrogens with zero attached hydrogens (tertiary/aromatic N) is 3. The van der Waals surface area contributed by atoms with Gasteiger partial charge in [0.1, 0.15) is 0 Å². The molecular formula is C10H17N5O. The number of rotatable bonds is 5. The second-order valence-corrected chi connectivity index (χ2v) is 3.86. The number of aromatic nitrogens is 2. The summed E-state index contributed by atoms with van der Waals surface area (Å²) in [5.41, 5.74) is 10.8. The molecule has 1 amide bonds. The SMILES string of the molecule is CC(CN)CN(C)c1ccc(C(N)=O)nn1. The van der Waals surface area contributed by atoms with Crippen LogP contribution in [0.5, 0.6) is 0 Å². The molecule has 1 aromatic heterocycles. The number of primary amides is 1. The standard InChI is InChI=1S/C10H17N5O/c1-7(5-11)6-15(2)9-4-3-8(10(12)16)13-14-9/h3-4,7H,5-6,11H2,1-2H3,(H2,12,16). The van der Waals surface area contributed by atoms with Crippen LogP contribution in [-0.2, 0) is 0 Å². The highest BCUT2D eigenvalue weighted by atomic mass is 16.1. The van der Waals surface area contributed by atoms with Gasteiger partial charge in [0.2, 0.25) is 0 Å². The van der Waals surface area contributed by atoms with Crippen LogP contribution in [0.25, 0.3) is 0 Å². The van der Waals surface area contributed by atoms with Crippen LogP contribution in [0.3, 0.4) is 0 Å². The monoisotopic (exact) mass is 223 g/mol. The van der Waals surface area contributed by atoms with Crippen LogP contribution in [0, 0.1) is 5.92 Å². The zero-order chi connectivity index (χ0) is 12.1. The number of hydrogen-bond donors (Lipinski definition) is 2. The molecule has 0 aliphatic heterocycles. The lowest BCUT2D eigenvalue weighted by molar-refractivity contribution is 0.0994. The van der Waals surface area contributed by atoms with E-state index in [9.17, 15) is 4.79 Å². The summed E-state index contributed by atoms with van der Waals surface area (Å²) < 4.78 is 0. The molecule has 1 aromatic rings. The first-order valence-corrected chi connectivity index (χ1v) is 5.09. The molecule has 0 saturated carbocycles. The Bertz CT molecular complexity index is 351. The Kier molecular flexibility index (Phi) is 4.19. The summed E-state index contributed by atoms with van der Waals surface area (Å²) in [5.74, 6) is 0.505. The van der Waals surface area contributed by atoms with Crippen molar-refractivity contribution in [3.05, 3.63) is 17.8 Å². The summed E-state index contributed by atoms with van der Waals surface area (Å²) in [6, 6.07) is 3.28. The highest BCUT2D eigenvalue weighted by Gasteiger charge is 2.08. The zero-order valence-corrected chi connectivity index (χ0v) is 9.55. The van der Waals surface area contributed by atoms with E-state index in [1.165, 1.54) is 0 Å². The van der Waals surface area contributed by atoms with Gasteiger partial charge >= 0.3 is 0 Å². The molecule has 4 N–H and O–H groups in total. The topological polar surface area (TPSA) is 98.1 Å². The number of amides is 1. The lowest BCUT2D eigenvalue weighted by Gasteiger charge is -2.20. The van der Waals surface area contributed by atoms with Gasteiger partial charge < -0.3 is 16.4 Å². The van der Waals surface area contributed by atoms with E-state index in [0.717, 1.165) is 6.54 Å². The Labute approximate surface area is 94.6 Å². The highest BCUT2D eigenvalue weighted by Crippen LogP contribution is 2.09. The van der Waals surface area contributed by atoms with Crippen molar-refractivity contribution in [2.45, 2.75) is 6.92 Å². The van der Waals surface area contributed by atoms with Gasteiger partial charge in [0.05, 0.1) is 0 Å². The van der Waals surface area contributed by atoms with E-state index in [1.807, 2.05) is 11.9 Å². The van der Waals surface area contributed by atoms with Crippen molar-refractivity contribution in [3.63, 3.8) is 0 Å². The molecule has 1 rings (SSSR count). The van der Waals surface area contributed by atoms with Gasteiger partial charge in [0.15, 0.2) is 11.5 Å². The number of anilines is 1. The maximum Gasteiger partial charge on any atom is 0.269 e. The summed E-state index contributed by atoms with van der Waals surface area (Å²) >= 11 is 0. The Balaban J connectivity index is 2.70. The van der Waals surface area contributed by atoms with E-state index in [2.05, 4.69) is 17.1 Å². The third-order valence-electron chi connectivity index (χ3n) is 2.28. The first-order chi connectivity index (χ1) is 7.54. The summed E-state index contributed by atoms with van der Waals surface area (Å²) in [7, 11) is 1.90. The van der Waals surface area contributed by atoms with Crippen LogP contribution < -0.4 is 16.4 Å². The van der Waals surface area contributed by atoms with Crippen molar-refractivity contribution in [2.75, 3.05) is 25.0 Å². The first-order valence-electron chi connectivity index (χ1n) is 5.09. The van der Waals surface area contributed by atoms with Gasteiger partial charge in [-0.1, -0.05) is 6.92 Å². The van der Waals surface area contributed by atoms with Gasteiger partial charge in [0.25, 0.3) is 5.91 Å². The van der Waals surface area contributed by atoms with Gasteiger partial charge in [-0.3, -0.25) is 4.79 Å². The summed E-state index contributed by atoms with van der Waals surface area (Å²) in [5, 5.41) is 7.66. The molecule has 0 radical (unpaired) electrons. The number of carbonyl (C=O) groups is 1. The van der Waals surface area contributed by atoms with E-state index in [0.29, 0.717) is 18.3 Å². The Morgan fingerprint density at radius 2 is 2.19 bits per heavy atom. The zero-order valence-electron chi connectivity index (χ0n) is 9.55. The lowest BCUT2D eigenvalue weighted by Crippen LogP contribution is -2.29.